The van der Waals surface area contributed by atoms with Gasteiger partial charge in [0.1, 0.15) is 23.3 Å². The van der Waals surface area contributed by atoms with Gasteiger partial charge in [-0.15, -0.1) is 0 Å². The Balaban J connectivity index is 0.985. The maximum atomic E-state index is 13.5. The Kier molecular flexibility index (Phi) is 10.2. The summed E-state index contributed by atoms with van der Waals surface area (Å²) in [6.45, 7) is 10.1. The molecule has 3 fully saturated rings. The lowest BCUT2D eigenvalue weighted by molar-refractivity contribution is -0.135. The van der Waals surface area contributed by atoms with Gasteiger partial charge in [0.15, 0.2) is 0 Å². The summed E-state index contributed by atoms with van der Waals surface area (Å²) in [5, 5.41) is 2.69. The molecule has 2 saturated heterocycles. The summed E-state index contributed by atoms with van der Waals surface area (Å²) in [7, 11) is 1.29. The first kappa shape index (κ1) is 36.8. The molecule has 3 N–H and O–H groups in total. The number of nitrogens with zero attached hydrogens (tertiary/aromatic N) is 4. The minimum absolute atomic E-state index is 0.0977. The monoisotopic (exact) mass is 731 g/mol. The molecule has 4 heterocycles. The van der Waals surface area contributed by atoms with E-state index in [9.17, 15) is 14.4 Å². The number of fused-ring (bicyclic) bond motifs is 2. The molecule has 2 aliphatic heterocycles. The second-order valence-electron chi connectivity index (χ2n) is 15.9. The molecule has 0 radical (unpaired) electrons. The standard InChI is InChI=1S/C42H49N7O5/c1-25(2)35(47-40(51)53-6)39(50)48-21-7-8-34(48)37-43-23-32(45-37)28-15-11-26(12-16-28)9-10-27-13-17-29(18-14-27)33-24-44-38(46-33)36-30-19-20-31(22-30)49(36)41(52)54-42(3,4)5/h11-18,23-25,30-31,34-36H,7-8,19-22H2,1-6H3,(H,43,45)(H,44,46)(H,47,51)/t30-,31-,34+,35+,36+/m1/s1. The number of likely N-dealkylation sites (tertiary alicyclic amines) is 2. The third-order valence-corrected chi connectivity index (χ3v) is 10.6. The lowest BCUT2D eigenvalue weighted by atomic mass is 9.98. The van der Waals surface area contributed by atoms with Gasteiger partial charge in [0, 0.05) is 23.7 Å². The number of amides is 3. The molecule has 0 unspecified atom stereocenters. The van der Waals surface area contributed by atoms with E-state index in [4.69, 9.17) is 14.5 Å². The van der Waals surface area contributed by atoms with Crippen LogP contribution in [0.5, 0.6) is 0 Å². The number of ether oxygens (including phenoxy) is 2. The van der Waals surface area contributed by atoms with Crippen LogP contribution in [0.2, 0.25) is 0 Å². The van der Waals surface area contributed by atoms with Crippen molar-refractivity contribution in [1.29, 1.82) is 0 Å². The molecular formula is C42H49N7O5. The van der Waals surface area contributed by atoms with E-state index < -0.39 is 17.7 Å². The first-order chi connectivity index (χ1) is 25.9. The van der Waals surface area contributed by atoms with Crippen molar-refractivity contribution in [3.05, 3.63) is 83.7 Å². The molecule has 7 rings (SSSR count). The molecule has 3 amide bonds. The number of H-pyrrole nitrogens is 2. The van der Waals surface area contributed by atoms with Crippen LogP contribution in [-0.2, 0) is 14.3 Å². The van der Waals surface area contributed by atoms with Crippen molar-refractivity contribution in [1.82, 2.24) is 35.1 Å². The van der Waals surface area contributed by atoms with Gasteiger partial charge in [-0.05, 0) is 100 Å². The van der Waals surface area contributed by atoms with Gasteiger partial charge >= 0.3 is 12.2 Å². The number of hydrogen-bond donors (Lipinski definition) is 3. The average Bonchev–Trinajstić information content (AvgIpc) is 4.00. The fourth-order valence-corrected chi connectivity index (χ4v) is 8.01. The van der Waals surface area contributed by atoms with E-state index in [2.05, 4.69) is 32.1 Å². The largest absolute Gasteiger partial charge is 0.453 e. The van der Waals surface area contributed by atoms with Crippen LogP contribution in [0.1, 0.15) is 102 Å². The Bertz CT molecular complexity index is 2050. The van der Waals surface area contributed by atoms with Gasteiger partial charge in [0.25, 0.3) is 0 Å². The highest BCUT2D eigenvalue weighted by Crippen LogP contribution is 2.50. The molecule has 2 bridgehead atoms. The highest BCUT2D eigenvalue weighted by molar-refractivity contribution is 5.86. The third-order valence-electron chi connectivity index (χ3n) is 10.6. The van der Waals surface area contributed by atoms with Crippen LogP contribution in [0.4, 0.5) is 9.59 Å². The van der Waals surface area contributed by atoms with Gasteiger partial charge in [-0.25, -0.2) is 19.6 Å². The second kappa shape index (κ2) is 15.0. The van der Waals surface area contributed by atoms with Gasteiger partial charge in [-0.3, -0.25) is 9.69 Å². The van der Waals surface area contributed by atoms with Crippen molar-refractivity contribution in [2.24, 2.45) is 11.8 Å². The normalized spacial score (nSPS) is 21.2. The average molecular weight is 732 g/mol. The maximum Gasteiger partial charge on any atom is 0.411 e. The summed E-state index contributed by atoms with van der Waals surface area (Å²) in [6, 6.07) is 15.3. The summed E-state index contributed by atoms with van der Waals surface area (Å²) in [5.41, 5.74) is 4.94. The van der Waals surface area contributed by atoms with E-state index >= 15 is 0 Å². The van der Waals surface area contributed by atoms with Gasteiger partial charge in [-0.2, -0.15) is 0 Å². The fraction of sp³-hybridized carbons (Fsp3) is 0.452. The van der Waals surface area contributed by atoms with Crippen LogP contribution in [0, 0.1) is 23.7 Å². The fourth-order valence-electron chi connectivity index (χ4n) is 8.01. The number of imidazole rings is 2. The molecule has 3 aliphatic rings. The van der Waals surface area contributed by atoms with Gasteiger partial charge < -0.3 is 29.7 Å². The van der Waals surface area contributed by atoms with E-state index in [-0.39, 0.29) is 36.0 Å². The maximum absolute atomic E-state index is 13.5. The van der Waals surface area contributed by atoms with Crippen molar-refractivity contribution in [2.45, 2.75) is 96.5 Å². The first-order valence-electron chi connectivity index (χ1n) is 18.9. The molecule has 0 spiro atoms. The summed E-state index contributed by atoms with van der Waals surface area (Å²) in [6.07, 6.45) is 7.48. The predicted molar refractivity (Wildman–Crippen MR) is 204 cm³/mol. The molecule has 12 nitrogen and oxygen atoms in total. The van der Waals surface area contributed by atoms with Crippen LogP contribution in [0.3, 0.4) is 0 Å². The van der Waals surface area contributed by atoms with Gasteiger partial charge in [0.2, 0.25) is 5.91 Å². The summed E-state index contributed by atoms with van der Waals surface area (Å²) >= 11 is 0. The van der Waals surface area contributed by atoms with Crippen molar-refractivity contribution in [2.75, 3.05) is 13.7 Å². The smallest absolute Gasteiger partial charge is 0.411 e. The zero-order valence-electron chi connectivity index (χ0n) is 31.8. The second-order valence-corrected chi connectivity index (χ2v) is 15.9. The topological polar surface area (TPSA) is 146 Å². The Morgan fingerprint density at radius 1 is 0.870 bits per heavy atom. The van der Waals surface area contributed by atoms with E-state index in [0.717, 1.165) is 77.4 Å². The van der Waals surface area contributed by atoms with Gasteiger partial charge in [0.05, 0.1) is 43.0 Å². The SMILES string of the molecule is COC(=O)N[C@H](C(=O)N1CCC[C@H]1c1ncc(-c2ccc(C#Cc3ccc(-c4cnc([C@@H]5[C@@H]6CC[C@H](C6)N5C(=O)OC(C)(C)C)[nH]4)cc3)cc2)[nH]1)C(C)C. The number of benzene rings is 2. The van der Waals surface area contributed by atoms with E-state index in [0.29, 0.717) is 12.5 Å². The van der Waals surface area contributed by atoms with E-state index in [1.165, 1.54) is 7.11 Å². The Morgan fingerprint density at radius 2 is 1.46 bits per heavy atom. The molecule has 54 heavy (non-hydrogen) atoms. The quantitative estimate of drug-likeness (QED) is 0.168. The number of piperidine rings is 1. The highest BCUT2D eigenvalue weighted by atomic mass is 16.6. The molecule has 12 heteroatoms. The zero-order chi connectivity index (χ0) is 38.1. The van der Waals surface area contributed by atoms with E-state index in [1.807, 2.05) is 99.1 Å². The van der Waals surface area contributed by atoms with E-state index in [1.54, 1.807) is 6.20 Å². The minimum atomic E-state index is -0.680. The number of methoxy groups -OCH3 is 1. The van der Waals surface area contributed by atoms with Crippen molar-refractivity contribution >= 4 is 18.1 Å². The van der Waals surface area contributed by atoms with Crippen molar-refractivity contribution in [3.63, 3.8) is 0 Å². The zero-order valence-corrected chi connectivity index (χ0v) is 31.8. The van der Waals surface area contributed by atoms with Crippen molar-refractivity contribution in [3.8, 4) is 34.4 Å². The van der Waals surface area contributed by atoms with Gasteiger partial charge in [-0.1, -0.05) is 50.0 Å². The summed E-state index contributed by atoms with van der Waals surface area (Å²) in [4.78, 5) is 58.6. The molecule has 1 saturated carbocycles. The number of carbonyl (C=O) groups excluding carboxylic acids is 3. The molecule has 1 aliphatic carbocycles. The number of rotatable bonds is 7. The lowest BCUT2D eigenvalue weighted by Crippen LogP contribution is -2.51. The Hall–Kier alpha value is -5.57. The molecule has 2 aromatic carbocycles. The molecule has 282 valence electrons. The number of aromatic nitrogens is 4. The third kappa shape index (κ3) is 7.72. The van der Waals surface area contributed by atoms with Crippen molar-refractivity contribution < 1.29 is 23.9 Å². The molecule has 2 aromatic heterocycles. The molecule has 4 aromatic rings. The summed E-state index contributed by atoms with van der Waals surface area (Å²) < 4.78 is 10.5. The Morgan fingerprint density at radius 3 is 2.04 bits per heavy atom. The molecular weight excluding hydrogens is 683 g/mol. The van der Waals surface area contributed by atoms with Crippen LogP contribution >= 0.6 is 0 Å². The van der Waals surface area contributed by atoms with Crippen LogP contribution in [-0.4, -0.2) is 79.2 Å². The van der Waals surface area contributed by atoms with Crippen LogP contribution in [0.15, 0.2) is 60.9 Å². The first-order valence-corrected chi connectivity index (χ1v) is 18.9. The highest BCUT2D eigenvalue weighted by Gasteiger charge is 2.51. The lowest BCUT2D eigenvalue weighted by Gasteiger charge is -2.35. The number of hydrogen-bond acceptors (Lipinski definition) is 7. The number of alkyl carbamates (subject to hydrolysis) is 1. The number of carbonyl (C=O) groups is 3. The summed E-state index contributed by atoms with van der Waals surface area (Å²) in [5.74, 6) is 8.21. The Labute approximate surface area is 316 Å². The van der Waals surface area contributed by atoms with Crippen LogP contribution in [0.25, 0.3) is 22.5 Å². The predicted octanol–water partition coefficient (Wildman–Crippen LogP) is 7.37. The molecule has 5 atom stereocenters. The number of aromatic amines is 2. The number of nitrogens with one attached hydrogen (secondary N) is 3. The minimum Gasteiger partial charge on any atom is -0.453 e. The van der Waals surface area contributed by atoms with Crippen LogP contribution < -0.4 is 5.32 Å².